The lowest BCUT2D eigenvalue weighted by Crippen LogP contribution is -2.14. The second-order valence-corrected chi connectivity index (χ2v) is 4.76. The van der Waals surface area contributed by atoms with Crippen molar-refractivity contribution in [2.45, 2.75) is 13.0 Å². The molecule has 0 saturated heterocycles. The Bertz CT molecular complexity index is 675. The number of benzene rings is 2. The zero-order valence-corrected chi connectivity index (χ0v) is 12.4. The molecule has 0 heterocycles. The molecule has 2 rings (SSSR count). The van der Waals surface area contributed by atoms with Crippen LogP contribution in [0.25, 0.3) is 0 Å². The first-order valence-corrected chi connectivity index (χ1v) is 6.68. The molecule has 0 aliphatic carbocycles. The van der Waals surface area contributed by atoms with E-state index in [1.807, 2.05) is 48.3 Å². The number of nitriles is 1. The molecule has 4 heteroatoms. The number of ether oxygens (including phenoxy) is 1. The summed E-state index contributed by atoms with van der Waals surface area (Å²) in [6.07, 6.45) is -0.673. The second kappa shape index (κ2) is 6.29. The van der Waals surface area contributed by atoms with Crippen molar-refractivity contribution in [2.75, 3.05) is 19.1 Å². The van der Waals surface area contributed by atoms with E-state index in [-0.39, 0.29) is 0 Å². The smallest absolute Gasteiger partial charge is 0.126 e. The first-order chi connectivity index (χ1) is 10.1. The van der Waals surface area contributed by atoms with Crippen molar-refractivity contribution in [3.63, 3.8) is 0 Å². The van der Waals surface area contributed by atoms with Gasteiger partial charge in [0.15, 0.2) is 0 Å². The predicted octanol–water partition coefficient (Wildman–Crippen LogP) is 3.39. The van der Waals surface area contributed by atoms with Gasteiger partial charge in [0.2, 0.25) is 0 Å². The van der Waals surface area contributed by atoms with Crippen LogP contribution in [0.2, 0.25) is 0 Å². The summed E-state index contributed by atoms with van der Waals surface area (Å²) in [4.78, 5) is 1.89. The Hall–Kier alpha value is -2.51. The van der Waals surface area contributed by atoms with Gasteiger partial charge in [0.1, 0.15) is 11.8 Å². The maximum Gasteiger partial charge on any atom is 0.126 e. The van der Waals surface area contributed by atoms with Crippen LogP contribution < -0.4 is 9.64 Å². The number of anilines is 2. The molecule has 0 bridgehead atoms. The van der Waals surface area contributed by atoms with Crippen LogP contribution in [0.5, 0.6) is 5.75 Å². The molecule has 0 aromatic heterocycles. The topological polar surface area (TPSA) is 56.5 Å². The molecule has 0 aliphatic heterocycles. The number of hydrogen-bond acceptors (Lipinski definition) is 4. The van der Waals surface area contributed by atoms with Gasteiger partial charge in [-0.3, -0.25) is 0 Å². The highest BCUT2D eigenvalue weighted by atomic mass is 16.5. The molecule has 0 aliphatic rings. The second-order valence-electron chi connectivity index (χ2n) is 4.76. The first-order valence-electron chi connectivity index (χ1n) is 6.68. The van der Waals surface area contributed by atoms with Gasteiger partial charge < -0.3 is 14.7 Å². The predicted molar refractivity (Wildman–Crippen MR) is 82.8 cm³/mol. The third-order valence-corrected chi connectivity index (χ3v) is 3.43. The molecule has 2 aromatic carbocycles. The molecule has 0 spiro atoms. The Balaban J connectivity index is 2.59. The SMILES string of the molecule is COc1cccc(N(C)c2ccccc2C#N)c1[C@@H](C)O. The number of para-hydroxylation sites is 1. The van der Waals surface area contributed by atoms with Crippen LogP contribution in [-0.4, -0.2) is 19.3 Å². The molecule has 2 aromatic rings. The normalized spacial score (nSPS) is 11.6. The third kappa shape index (κ3) is 2.83. The zero-order valence-electron chi connectivity index (χ0n) is 12.4. The van der Waals surface area contributed by atoms with Gasteiger partial charge >= 0.3 is 0 Å². The van der Waals surface area contributed by atoms with Crippen molar-refractivity contribution < 1.29 is 9.84 Å². The minimum Gasteiger partial charge on any atom is -0.496 e. The molecule has 0 radical (unpaired) electrons. The van der Waals surface area contributed by atoms with Crippen LogP contribution in [0.15, 0.2) is 42.5 Å². The fourth-order valence-corrected chi connectivity index (χ4v) is 2.41. The number of nitrogens with zero attached hydrogens (tertiary/aromatic N) is 2. The highest BCUT2D eigenvalue weighted by Gasteiger charge is 2.18. The van der Waals surface area contributed by atoms with Crippen LogP contribution in [-0.2, 0) is 0 Å². The molecule has 1 N–H and O–H groups in total. The van der Waals surface area contributed by atoms with Gasteiger partial charge in [0, 0.05) is 12.6 Å². The van der Waals surface area contributed by atoms with Crippen molar-refractivity contribution in [3.05, 3.63) is 53.6 Å². The molecule has 0 unspecified atom stereocenters. The largest absolute Gasteiger partial charge is 0.496 e. The van der Waals surface area contributed by atoms with Crippen molar-refractivity contribution >= 4 is 11.4 Å². The minimum absolute atomic E-state index is 0.583. The Morgan fingerprint density at radius 1 is 1.14 bits per heavy atom. The number of aliphatic hydroxyl groups is 1. The van der Waals surface area contributed by atoms with E-state index in [2.05, 4.69) is 6.07 Å². The van der Waals surface area contributed by atoms with Crippen molar-refractivity contribution in [1.82, 2.24) is 0 Å². The van der Waals surface area contributed by atoms with E-state index in [9.17, 15) is 10.4 Å². The fraction of sp³-hybridized carbons (Fsp3) is 0.235. The average molecular weight is 282 g/mol. The Morgan fingerprint density at radius 3 is 2.43 bits per heavy atom. The summed E-state index contributed by atoms with van der Waals surface area (Å²) in [5.41, 5.74) is 2.89. The molecular formula is C17H18N2O2. The van der Waals surface area contributed by atoms with Crippen molar-refractivity contribution in [2.24, 2.45) is 0 Å². The Morgan fingerprint density at radius 2 is 1.81 bits per heavy atom. The lowest BCUT2D eigenvalue weighted by atomic mass is 10.0. The summed E-state index contributed by atoms with van der Waals surface area (Å²) in [7, 11) is 3.45. The molecule has 0 saturated carbocycles. The zero-order chi connectivity index (χ0) is 15.4. The maximum absolute atomic E-state index is 10.1. The molecule has 21 heavy (non-hydrogen) atoms. The quantitative estimate of drug-likeness (QED) is 0.934. The highest BCUT2D eigenvalue weighted by molar-refractivity contribution is 5.72. The van der Waals surface area contributed by atoms with Crippen molar-refractivity contribution in [1.29, 1.82) is 5.26 Å². The Kier molecular flexibility index (Phi) is 4.46. The van der Waals surface area contributed by atoms with Gasteiger partial charge in [-0.15, -0.1) is 0 Å². The maximum atomic E-state index is 10.1. The van der Waals surface area contributed by atoms with E-state index in [0.717, 1.165) is 11.4 Å². The summed E-state index contributed by atoms with van der Waals surface area (Å²) < 4.78 is 5.34. The molecule has 0 amide bonds. The van der Waals surface area contributed by atoms with E-state index in [4.69, 9.17) is 4.74 Å². The van der Waals surface area contributed by atoms with E-state index in [0.29, 0.717) is 16.9 Å². The summed E-state index contributed by atoms with van der Waals surface area (Å²) in [5, 5.41) is 19.3. The molecule has 1 atom stereocenters. The highest BCUT2D eigenvalue weighted by Crippen LogP contribution is 2.37. The Labute approximate surface area is 124 Å². The standard InChI is InChI=1S/C17H18N2O2/c1-12(20)17-15(9-6-10-16(17)21-3)19(2)14-8-5-4-7-13(14)11-18/h4-10,12,20H,1-3H3/t12-/m1/s1. The van der Waals surface area contributed by atoms with Gasteiger partial charge in [-0.1, -0.05) is 18.2 Å². The summed E-state index contributed by atoms with van der Waals surface area (Å²) in [6.45, 7) is 1.70. The number of aliphatic hydroxyl groups excluding tert-OH is 1. The summed E-state index contributed by atoms with van der Waals surface area (Å²) >= 11 is 0. The fourth-order valence-electron chi connectivity index (χ4n) is 2.41. The van der Waals surface area contributed by atoms with Gasteiger partial charge in [0.05, 0.1) is 30.2 Å². The third-order valence-electron chi connectivity index (χ3n) is 3.43. The number of methoxy groups -OCH3 is 1. The first kappa shape index (κ1) is 14.9. The van der Waals surface area contributed by atoms with Gasteiger partial charge in [-0.05, 0) is 31.2 Å². The van der Waals surface area contributed by atoms with E-state index < -0.39 is 6.10 Å². The lowest BCUT2D eigenvalue weighted by molar-refractivity contribution is 0.195. The van der Waals surface area contributed by atoms with Crippen LogP contribution >= 0.6 is 0 Å². The van der Waals surface area contributed by atoms with Gasteiger partial charge in [0.25, 0.3) is 0 Å². The van der Waals surface area contributed by atoms with Gasteiger partial charge in [-0.2, -0.15) is 5.26 Å². The minimum atomic E-state index is -0.673. The number of hydrogen-bond donors (Lipinski definition) is 1. The van der Waals surface area contributed by atoms with Crippen LogP contribution in [0.4, 0.5) is 11.4 Å². The van der Waals surface area contributed by atoms with Crippen LogP contribution in [0.1, 0.15) is 24.2 Å². The molecule has 4 nitrogen and oxygen atoms in total. The summed E-state index contributed by atoms with van der Waals surface area (Å²) in [5.74, 6) is 0.629. The van der Waals surface area contributed by atoms with E-state index >= 15 is 0 Å². The van der Waals surface area contributed by atoms with Crippen LogP contribution in [0.3, 0.4) is 0 Å². The molecular weight excluding hydrogens is 264 g/mol. The monoisotopic (exact) mass is 282 g/mol. The average Bonchev–Trinajstić information content (AvgIpc) is 2.53. The molecule has 0 fully saturated rings. The van der Waals surface area contributed by atoms with Crippen LogP contribution in [0, 0.1) is 11.3 Å². The van der Waals surface area contributed by atoms with Crippen molar-refractivity contribution in [3.8, 4) is 11.8 Å². The lowest BCUT2D eigenvalue weighted by Gasteiger charge is -2.25. The van der Waals surface area contributed by atoms with E-state index in [1.165, 1.54) is 0 Å². The molecule has 108 valence electrons. The van der Waals surface area contributed by atoms with Gasteiger partial charge in [-0.25, -0.2) is 0 Å². The van der Waals surface area contributed by atoms with E-state index in [1.54, 1.807) is 20.1 Å². The number of rotatable bonds is 4. The summed E-state index contributed by atoms with van der Waals surface area (Å²) in [6, 6.07) is 15.1.